The Kier molecular flexibility index (Phi) is 6.42. The average Bonchev–Trinajstić information content (AvgIpc) is 2.62. The minimum absolute atomic E-state index is 0.263. The van der Waals surface area contributed by atoms with Crippen LogP contribution in [0.4, 0.5) is 5.82 Å². The molecule has 1 N–H and O–H groups in total. The van der Waals surface area contributed by atoms with Gasteiger partial charge in [-0.2, -0.15) is 9.41 Å². The molecule has 2 heterocycles. The Bertz CT molecular complexity index is 670. The van der Waals surface area contributed by atoms with Gasteiger partial charge in [0, 0.05) is 25.0 Å². The fraction of sp³-hybridized carbons (Fsp3) is 0.667. The number of hydrogen-bond acceptors (Lipinski definition) is 5. The molecule has 138 valence electrons. The predicted molar refractivity (Wildman–Crippen MR) is 100 cm³/mol. The van der Waals surface area contributed by atoms with Gasteiger partial charge in [-0.05, 0) is 50.7 Å². The summed E-state index contributed by atoms with van der Waals surface area (Å²) in [6, 6.07) is 3.32. The average molecular weight is 365 g/mol. The molecule has 2 aliphatic rings. The van der Waals surface area contributed by atoms with Gasteiger partial charge in [0.15, 0.2) is 0 Å². The van der Waals surface area contributed by atoms with Crippen molar-refractivity contribution in [2.75, 3.05) is 18.5 Å². The van der Waals surface area contributed by atoms with Crippen molar-refractivity contribution in [2.24, 2.45) is 5.10 Å². The first-order valence-corrected chi connectivity index (χ1v) is 10.9. The van der Waals surface area contributed by atoms with Crippen molar-refractivity contribution in [3.8, 4) is 0 Å². The van der Waals surface area contributed by atoms with Crippen molar-refractivity contribution in [2.45, 2.75) is 69.1 Å². The number of aromatic nitrogens is 1. The van der Waals surface area contributed by atoms with Gasteiger partial charge >= 0.3 is 0 Å². The van der Waals surface area contributed by atoms with Crippen LogP contribution in [0.3, 0.4) is 0 Å². The van der Waals surface area contributed by atoms with E-state index in [9.17, 15) is 8.42 Å². The summed E-state index contributed by atoms with van der Waals surface area (Å²) in [6.45, 7) is 1.21. The zero-order valence-corrected chi connectivity index (χ0v) is 15.6. The highest BCUT2D eigenvalue weighted by atomic mass is 32.2. The lowest BCUT2D eigenvalue weighted by atomic mass is 9.99. The summed E-state index contributed by atoms with van der Waals surface area (Å²) in [4.78, 5) is 4.50. The van der Waals surface area contributed by atoms with Crippen molar-refractivity contribution in [1.29, 1.82) is 0 Å². The Morgan fingerprint density at radius 2 is 1.56 bits per heavy atom. The molecule has 0 unspecified atom stereocenters. The van der Waals surface area contributed by atoms with Crippen LogP contribution in [0, 0.1) is 0 Å². The van der Waals surface area contributed by atoms with Crippen LogP contribution < -0.4 is 5.43 Å². The SMILES string of the molecule is O=S(=O)(c1ccc(NN=C2CCCCCCC2)nc1)N1CCCCC1. The third-order valence-corrected chi connectivity index (χ3v) is 6.83. The third kappa shape index (κ3) is 5.01. The molecule has 25 heavy (non-hydrogen) atoms. The first kappa shape index (κ1) is 18.3. The molecule has 1 aromatic rings. The number of sulfonamides is 1. The highest BCUT2D eigenvalue weighted by Crippen LogP contribution is 2.21. The summed E-state index contributed by atoms with van der Waals surface area (Å²) < 4.78 is 26.8. The van der Waals surface area contributed by atoms with Crippen molar-refractivity contribution < 1.29 is 8.42 Å². The lowest BCUT2D eigenvalue weighted by Gasteiger charge is -2.25. The first-order valence-electron chi connectivity index (χ1n) is 9.44. The van der Waals surface area contributed by atoms with Gasteiger partial charge in [0.25, 0.3) is 0 Å². The van der Waals surface area contributed by atoms with Gasteiger partial charge in [-0.3, -0.25) is 5.43 Å². The highest BCUT2D eigenvalue weighted by molar-refractivity contribution is 7.89. The van der Waals surface area contributed by atoms with Crippen molar-refractivity contribution in [3.63, 3.8) is 0 Å². The fourth-order valence-electron chi connectivity index (χ4n) is 3.41. The van der Waals surface area contributed by atoms with Crippen LogP contribution in [0.25, 0.3) is 0 Å². The van der Waals surface area contributed by atoms with Crippen LogP contribution in [0.5, 0.6) is 0 Å². The molecule has 7 heteroatoms. The van der Waals surface area contributed by atoms with Gasteiger partial charge in [0.2, 0.25) is 10.0 Å². The molecule has 0 radical (unpaired) electrons. The number of pyridine rings is 1. The van der Waals surface area contributed by atoms with Crippen LogP contribution in [0.15, 0.2) is 28.3 Å². The second-order valence-electron chi connectivity index (χ2n) is 6.90. The minimum Gasteiger partial charge on any atom is -0.261 e. The van der Waals surface area contributed by atoms with Crippen LogP contribution in [-0.4, -0.2) is 36.5 Å². The third-order valence-electron chi connectivity index (χ3n) is 4.95. The van der Waals surface area contributed by atoms with E-state index in [-0.39, 0.29) is 4.90 Å². The molecule has 0 bridgehead atoms. The van der Waals surface area contributed by atoms with Crippen LogP contribution in [0.2, 0.25) is 0 Å². The second-order valence-corrected chi connectivity index (χ2v) is 8.84. The topological polar surface area (TPSA) is 74.7 Å². The first-order chi connectivity index (χ1) is 12.2. The zero-order chi connectivity index (χ0) is 17.5. The molecule has 0 spiro atoms. The van der Waals surface area contributed by atoms with E-state index in [1.54, 1.807) is 16.4 Å². The minimum atomic E-state index is -3.42. The highest BCUT2D eigenvalue weighted by Gasteiger charge is 2.26. The summed E-state index contributed by atoms with van der Waals surface area (Å²) >= 11 is 0. The quantitative estimate of drug-likeness (QED) is 0.825. The lowest BCUT2D eigenvalue weighted by molar-refractivity contribution is 0.346. The van der Waals surface area contributed by atoms with E-state index in [4.69, 9.17) is 0 Å². The van der Waals surface area contributed by atoms with Gasteiger partial charge in [0.1, 0.15) is 10.7 Å². The summed E-state index contributed by atoms with van der Waals surface area (Å²) in [6.07, 6.45) is 12.8. The van der Waals surface area contributed by atoms with Crippen LogP contribution >= 0.6 is 0 Å². The molecule has 3 rings (SSSR count). The summed E-state index contributed by atoms with van der Waals surface area (Å²) in [7, 11) is -3.42. The molecule has 1 aliphatic heterocycles. The molecule has 0 aromatic carbocycles. The van der Waals surface area contributed by atoms with Crippen molar-refractivity contribution >= 4 is 21.6 Å². The maximum absolute atomic E-state index is 12.6. The number of anilines is 1. The van der Waals surface area contributed by atoms with Crippen LogP contribution in [-0.2, 0) is 10.0 Å². The van der Waals surface area contributed by atoms with Crippen molar-refractivity contribution in [1.82, 2.24) is 9.29 Å². The fourth-order valence-corrected chi connectivity index (χ4v) is 4.88. The largest absolute Gasteiger partial charge is 0.261 e. The summed E-state index contributed by atoms with van der Waals surface area (Å²) in [5.74, 6) is 0.590. The molecular weight excluding hydrogens is 336 g/mol. The Hall–Kier alpha value is -1.47. The molecule has 1 aromatic heterocycles. The molecular formula is C18H28N4O2S. The normalized spacial score (nSPS) is 20.6. The van der Waals surface area contributed by atoms with Gasteiger partial charge < -0.3 is 0 Å². The molecule has 6 nitrogen and oxygen atoms in total. The number of piperidine rings is 1. The zero-order valence-electron chi connectivity index (χ0n) is 14.8. The van der Waals surface area contributed by atoms with E-state index in [2.05, 4.69) is 15.5 Å². The predicted octanol–water partition coefficient (Wildman–Crippen LogP) is 3.77. The molecule has 0 atom stereocenters. The number of rotatable bonds is 4. The van der Waals surface area contributed by atoms with Gasteiger partial charge in [-0.1, -0.05) is 25.7 Å². The number of hydrazone groups is 1. The summed E-state index contributed by atoms with van der Waals surface area (Å²) in [5.41, 5.74) is 4.18. The van der Waals surface area contributed by atoms with Crippen molar-refractivity contribution in [3.05, 3.63) is 18.3 Å². The van der Waals surface area contributed by atoms with E-state index in [0.717, 1.165) is 32.1 Å². The Morgan fingerprint density at radius 1 is 0.920 bits per heavy atom. The second kappa shape index (κ2) is 8.76. The molecule has 1 saturated carbocycles. The molecule has 2 fully saturated rings. The molecule has 1 saturated heterocycles. The summed E-state index contributed by atoms with van der Waals surface area (Å²) in [5, 5.41) is 4.48. The smallest absolute Gasteiger partial charge is 0.244 e. The number of hydrogen-bond donors (Lipinski definition) is 1. The Morgan fingerprint density at radius 3 is 2.20 bits per heavy atom. The van der Waals surface area contributed by atoms with Gasteiger partial charge in [0.05, 0.1) is 0 Å². The van der Waals surface area contributed by atoms with Crippen LogP contribution in [0.1, 0.15) is 64.2 Å². The van der Waals surface area contributed by atoms with E-state index < -0.39 is 10.0 Å². The van der Waals surface area contributed by atoms with Gasteiger partial charge in [-0.25, -0.2) is 13.4 Å². The molecule has 1 aliphatic carbocycles. The number of nitrogens with one attached hydrogen (secondary N) is 1. The van der Waals surface area contributed by atoms with E-state index >= 15 is 0 Å². The monoisotopic (exact) mass is 364 g/mol. The number of nitrogens with zero attached hydrogens (tertiary/aromatic N) is 3. The standard InChI is InChI=1S/C18H28N4O2S/c23-25(24,22-13-7-4-8-14-22)17-11-12-18(19-15-17)21-20-16-9-5-2-1-3-6-10-16/h11-12,15H,1-10,13-14H2,(H,19,21). The van der Waals surface area contributed by atoms with E-state index in [1.165, 1.54) is 44.0 Å². The maximum atomic E-state index is 12.6. The van der Waals surface area contributed by atoms with E-state index in [1.807, 2.05) is 0 Å². The molecule has 0 amide bonds. The lowest BCUT2D eigenvalue weighted by Crippen LogP contribution is -2.35. The van der Waals surface area contributed by atoms with Gasteiger partial charge in [-0.15, -0.1) is 0 Å². The Labute approximate surface area is 150 Å². The Balaban J connectivity index is 1.63. The maximum Gasteiger partial charge on any atom is 0.244 e. The van der Waals surface area contributed by atoms with E-state index in [0.29, 0.717) is 18.9 Å².